The molecule has 1 aromatic carbocycles. The van der Waals surface area contributed by atoms with Crippen LogP contribution in [0.25, 0.3) is 10.8 Å². The summed E-state index contributed by atoms with van der Waals surface area (Å²) in [7, 11) is 0. The fourth-order valence-electron chi connectivity index (χ4n) is 4.94. The molecule has 0 amide bonds. The second kappa shape index (κ2) is 9.14. The lowest BCUT2D eigenvalue weighted by molar-refractivity contribution is 0.147. The first kappa shape index (κ1) is 20.1. The van der Waals surface area contributed by atoms with Crippen molar-refractivity contribution >= 4 is 16.6 Å². The Labute approximate surface area is 182 Å². The van der Waals surface area contributed by atoms with Crippen molar-refractivity contribution in [2.24, 2.45) is 0 Å². The van der Waals surface area contributed by atoms with Gasteiger partial charge in [-0.1, -0.05) is 30.7 Å². The third kappa shape index (κ3) is 4.46. The van der Waals surface area contributed by atoms with Crippen molar-refractivity contribution in [2.45, 2.75) is 57.5 Å². The molecule has 5 rings (SSSR count). The third-order valence-corrected chi connectivity index (χ3v) is 6.70. The Morgan fingerprint density at radius 1 is 1.06 bits per heavy atom. The highest BCUT2D eigenvalue weighted by Crippen LogP contribution is 2.22. The molecule has 0 saturated carbocycles. The molecule has 1 aliphatic carbocycles. The summed E-state index contributed by atoms with van der Waals surface area (Å²) in [4.78, 5) is 15.0. The van der Waals surface area contributed by atoms with E-state index in [0.29, 0.717) is 12.6 Å². The van der Waals surface area contributed by atoms with Crippen molar-refractivity contribution in [3.05, 3.63) is 58.1 Å². The second-order valence-corrected chi connectivity index (χ2v) is 8.73. The highest BCUT2D eigenvalue weighted by Gasteiger charge is 2.23. The lowest BCUT2D eigenvalue weighted by Crippen LogP contribution is -2.45. The second-order valence-electron chi connectivity index (χ2n) is 8.73. The van der Waals surface area contributed by atoms with Gasteiger partial charge in [0.05, 0.1) is 18.4 Å². The smallest absolute Gasteiger partial charge is 0.267 e. The fourth-order valence-corrected chi connectivity index (χ4v) is 4.94. The van der Waals surface area contributed by atoms with E-state index in [2.05, 4.69) is 32.5 Å². The number of hydrogen-bond donors (Lipinski definition) is 1. The number of piperidine rings is 1. The Bertz CT molecular complexity index is 1110. The van der Waals surface area contributed by atoms with E-state index >= 15 is 0 Å². The molecule has 1 N–H and O–H groups in total. The first-order chi connectivity index (χ1) is 15.3. The maximum atomic E-state index is 12.5. The number of rotatable bonds is 6. The molecule has 1 fully saturated rings. The third-order valence-electron chi connectivity index (χ3n) is 6.70. The Morgan fingerprint density at radius 2 is 1.97 bits per heavy atom. The molecule has 7 heteroatoms. The topological polar surface area (TPSA) is 75.9 Å². The minimum atomic E-state index is 0.0402. The van der Waals surface area contributed by atoms with Gasteiger partial charge in [-0.15, -0.1) is 5.10 Å². The lowest BCUT2D eigenvalue weighted by Gasteiger charge is -2.36. The molecular weight excluding hydrogens is 388 g/mol. The van der Waals surface area contributed by atoms with E-state index in [1.165, 1.54) is 25.7 Å². The summed E-state index contributed by atoms with van der Waals surface area (Å²) >= 11 is 0. The SMILES string of the molecule is O=c1cc2c(nn1CCN1CCCCC1CNc1nncc3ccccc13)CCCC2. The van der Waals surface area contributed by atoms with Gasteiger partial charge in [0.1, 0.15) is 0 Å². The summed E-state index contributed by atoms with van der Waals surface area (Å²) in [6, 6.07) is 10.4. The summed E-state index contributed by atoms with van der Waals surface area (Å²) in [6.07, 6.45) is 9.73. The monoisotopic (exact) mass is 418 g/mol. The van der Waals surface area contributed by atoms with Crippen LogP contribution in [0.3, 0.4) is 0 Å². The standard InChI is InChI=1S/C24H30N6O/c31-23-15-18-7-2-4-11-22(18)28-30(23)14-13-29-12-6-5-9-20(29)17-25-24-21-10-3-1-8-19(21)16-26-27-24/h1,3,8,10,15-16,20H,2,4-7,9,11-14,17H2,(H,25,27). The first-order valence-electron chi connectivity index (χ1n) is 11.6. The summed E-state index contributed by atoms with van der Waals surface area (Å²) in [6.45, 7) is 3.39. The van der Waals surface area contributed by atoms with Crippen LogP contribution in [0.5, 0.6) is 0 Å². The molecule has 0 spiro atoms. The predicted molar refractivity (Wildman–Crippen MR) is 122 cm³/mol. The number of hydrogen-bond acceptors (Lipinski definition) is 6. The normalized spacial score (nSPS) is 19.3. The van der Waals surface area contributed by atoms with Crippen LogP contribution in [-0.4, -0.2) is 50.6 Å². The minimum Gasteiger partial charge on any atom is -0.366 e. The van der Waals surface area contributed by atoms with Crippen molar-refractivity contribution < 1.29 is 0 Å². The predicted octanol–water partition coefficient (Wildman–Crippen LogP) is 3.03. The van der Waals surface area contributed by atoms with Crippen LogP contribution in [-0.2, 0) is 19.4 Å². The number of likely N-dealkylation sites (tertiary alicyclic amines) is 1. The molecule has 2 aromatic heterocycles. The number of aryl methyl sites for hydroxylation is 2. The minimum absolute atomic E-state index is 0.0402. The van der Waals surface area contributed by atoms with Gasteiger partial charge < -0.3 is 5.32 Å². The Morgan fingerprint density at radius 3 is 2.94 bits per heavy atom. The molecule has 0 bridgehead atoms. The maximum Gasteiger partial charge on any atom is 0.267 e. The first-order valence-corrected chi connectivity index (χ1v) is 11.6. The number of fused-ring (bicyclic) bond motifs is 2. The number of nitrogens with zero attached hydrogens (tertiary/aromatic N) is 5. The van der Waals surface area contributed by atoms with Crippen molar-refractivity contribution in [3.8, 4) is 0 Å². The largest absolute Gasteiger partial charge is 0.366 e. The zero-order valence-corrected chi connectivity index (χ0v) is 18.0. The van der Waals surface area contributed by atoms with E-state index < -0.39 is 0 Å². The summed E-state index contributed by atoms with van der Waals surface area (Å²) in [5, 5.41) is 18.9. The average Bonchev–Trinajstić information content (AvgIpc) is 2.82. The number of anilines is 1. The van der Waals surface area contributed by atoms with Gasteiger partial charge >= 0.3 is 0 Å². The fraction of sp³-hybridized carbons (Fsp3) is 0.500. The van der Waals surface area contributed by atoms with Gasteiger partial charge in [0.25, 0.3) is 5.56 Å². The number of aromatic nitrogens is 4. The highest BCUT2D eigenvalue weighted by atomic mass is 16.1. The van der Waals surface area contributed by atoms with Crippen molar-refractivity contribution in [1.82, 2.24) is 24.9 Å². The maximum absolute atomic E-state index is 12.5. The van der Waals surface area contributed by atoms with Gasteiger partial charge in [-0.3, -0.25) is 9.69 Å². The highest BCUT2D eigenvalue weighted by molar-refractivity contribution is 5.90. The zero-order chi connectivity index (χ0) is 21.0. The Balaban J connectivity index is 1.25. The van der Waals surface area contributed by atoms with Crippen molar-refractivity contribution in [2.75, 3.05) is 25.0 Å². The molecule has 31 heavy (non-hydrogen) atoms. The van der Waals surface area contributed by atoms with Crippen molar-refractivity contribution in [1.29, 1.82) is 0 Å². The molecule has 3 heterocycles. The van der Waals surface area contributed by atoms with Crippen LogP contribution in [0.2, 0.25) is 0 Å². The molecule has 0 radical (unpaired) electrons. The Hall–Kier alpha value is -2.80. The van der Waals surface area contributed by atoms with E-state index in [0.717, 1.165) is 66.7 Å². The molecule has 2 aliphatic rings. The summed E-state index contributed by atoms with van der Waals surface area (Å²) < 4.78 is 1.68. The molecular formula is C24H30N6O. The van der Waals surface area contributed by atoms with Crippen LogP contribution in [0, 0.1) is 0 Å². The molecule has 162 valence electrons. The average molecular weight is 419 g/mol. The van der Waals surface area contributed by atoms with E-state index in [-0.39, 0.29) is 5.56 Å². The van der Waals surface area contributed by atoms with Crippen LogP contribution in [0.4, 0.5) is 5.82 Å². The summed E-state index contributed by atoms with van der Waals surface area (Å²) in [5.74, 6) is 0.844. The van der Waals surface area contributed by atoms with Crippen LogP contribution in [0.15, 0.2) is 41.3 Å². The molecule has 1 atom stereocenters. The lowest BCUT2D eigenvalue weighted by atomic mass is 9.97. The van der Waals surface area contributed by atoms with Crippen LogP contribution in [0.1, 0.15) is 43.4 Å². The van der Waals surface area contributed by atoms with Gasteiger partial charge in [-0.25, -0.2) is 4.68 Å². The van der Waals surface area contributed by atoms with Gasteiger partial charge in [-0.05, 0) is 50.6 Å². The molecule has 3 aromatic rings. The zero-order valence-electron chi connectivity index (χ0n) is 18.0. The summed E-state index contributed by atoms with van der Waals surface area (Å²) in [5.41, 5.74) is 2.32. The van der Waals surface area contributed by atoms with E-state index in [1.807, 2.05) is 18.2 Å². The van der Waals surface area contributed by atoms with Crippen LogP contribution < -0.4 is 10.9 Å². The van der Waals surface area contributed by atoms with Gasteiger partial charge in [0, 0.05) is 36.0 Å². The molecule has 1 unspecified atom stereocenters. The van der Waals surface area contributed by atoms with E-state index in [9.17, 15) is 4.79 Å². The Kier molecular flexibility index (Phi) is 5.93. The van der Waals surface area contributed by atoms with Crippen LogP contribution >= 0.6 is 0 Å². The number of benzene rings is 1. The molecule has 1 saturated heterocycles. The number of nitrogens with one attached hydrogen (secondary N) is 1. The van der Waals surface area contributed by atoms with Gasteiger partial charge in [0.15, 0.2) is 5.82 Å². The van der Waals surface area contributed by atoms with E-state index in [4.69, 9.17) is 5.10 Å². The van der Waals surface area contributed by atoms with Crippen molar-refractivity contribution in [3.63, 3.8) is 0 Å². The molecule has 7 nitrogen and oxygen atoms in total. The van der Waals surface area contributed by atoms with Gasteiger partial charge in [0.2, 0.25) is 0 Å². The molecule has 1 aliphatic heterocycles. The quantitative estimate of drug-likeness (QED) is 0.663. The van der Waals surface area contributed by atoms with E-state index in [1.54, 1.807) is 10.9 Å². The van der Waals surface area contributed by atoms with Gasteiger partial charge in [-0.2, -0.15) is 10.2 Å².